The molecule has 6 heteroatoms. The van der Waals surface area contributed by atoms with Gasteiger partial charge >= 0.3 is 5.97 Å². The predicted molar refractivity (Wildman–Crippen MR) is 67.3 cm³/mol. The van der Waals surface area contributed by atoms with Gasteiger partial charge in [-0.3, -0.25) is 4.57 Å². The second-order valence-electron chi connectivity index (χ2n) is 3.68. The third kappa shape index (κ3) is 2.09. The van der Waals surface area contributed by atoms with Gasteiger partial charge in [0.1, 0.15) is 5.82 Å². The number of carbonyl (C=O) groups is 1. The molecule has 0 saturated carbocycles. The lowest BCUT2D eigenvalue weighted by atomic mass is 10.1. The summed E-state index contributed by atoms with van der Waals surface area (Å²) in [5.74, 6) is 0.435. The monoisotopic (exact) mass is 265 g/mol. The molecule has 0 aliphatic carbocycles. The Morgan fingerprint density at radius 2 is 2.00 bits per heavy atom. The second kappa shape index (κ2) is 5.18. The second-order valence-corrected chi connectivity index (χ2v) is 3.94. The maximum Gasteiger partial charge on any atom is 0.337 e. The van der Waals surface area contributed by atoms with Gasteiger partial charge in [-0.15, -0.1) is 21.8 Å². The fraction of sp³-hybridized carbons (Fsp3) is 0.250. The highest BCUT2D eigenvalue weighted by molar-refractivity contribution is 6.16. The maximum absolute atomic E-state index is 11.2. The first-order valence-electron chi connectivity index (χ1n) is 5.50. The van der Waals surface area contributed by atoms with E-state index in [1.54, 1.807) is 28.8 Å². The number of nitrogens with zero attached hydrogens (tertiary/aromatic N) is 3. The zero-order chi connectivity index (χ0) is 13.1. The van der Waals surface area contributed by atoms with E-state index >= 15 is 0 Å². The van der Waals surface area contributed by atoms with Gasteiger partial charge in [-0.25, -0.2) is 4.79 Å². The fourth-order valence-electron chi connectivity index (χ4n) is 1.80. The molecule has 1 aromatic heterocycles. The third-order valence-electron chi connectivity index (χ3n) is 2.61. The van der Waals surface area contributed by atoms with Gasteiger partial charge in [0.25, 0.3) is 0 Å². The van der Waals surface area contributed by atoms with Crippen molar-refractivity contribution in [2.45, 2.75) is 19.2 Å². The molecule has 2 aromatic rings. The minimum absolute atomic E-state index is 0.182. The highest BCUT2D eigenvalue weighted by Crippen LogP contribution is 2.19. The molecule has 0 aliphatic heterocycles. The number of alkyl halides is 1. The minimum Gasteiger partial charge on any atom is -0.478 e. The lowest BCUT2D eigenvalue weighted by Gasteiger charge is -2.11. The van der Waals surface area contributed by atoms with Crippen molar-refractivity contribution in [3.05, 3.63) is 41.5 Å². The molecule has 94 valence electrons. The number of carboxylic acids is 1. The lowest BCUT2D eigenvalue weighted by Crippen LogP contribution is -2.10. The molecular formula is C12H12ClN3O2. The Morgan fingerprint density at radius 3 is 2.61 bits per heavy atom. The summed E-state index contributed by atoms with van der Waals surface area (Å²) < 4.78 is 1.70. The smallest absolute Gasteiger partial charge is 0.337 e. The molecule has 0 bridgehead atoms. The standard InChI is InChI=1S/C12H12ClN3O2/c1-2-10-14-15-11(7-13)16(10)9-6-4-3-5-8(9)12(17)18/h3-6H,2,7H2,1H3,(H,17,18). The van der Waals surface area contributed by atoms with Gasteiger partial charge in [0.05, 0.1) is 17.1 Å². The molecule has 0 amide bonds. The number of rotatable bonds is 4. The van der Waals surface area contributed by atoms with Gasteiger partial charge in [0.15, 0.2) is 5.82 Å². The predicted octanol–water partition coefficient (Wildman–Crippen LogP) is 2.27. The van der Waals surface area contributed by atoms with Crippen molar-refractivity contribution in [3.63, 3.8) is 0 Å². The van der Waals surface area contributed by atoms with E-state index in [0.29, 0.717) is 23.8 Å². The zero-order valence-corrected chi connectivity index (χ0v) is 10.6. The van der Waals surface area contributed by atoms with Crippen LogP contribution in [0, 0.1) is 0 Å². The molecule has 18 heavy (non-hydrogen) atoms. The van der Waals surface area contributed by atoms with Gasteiger partial charge in [0, 0.05) is 6.42 Å². The Morgan fingerprint density at radius 1 is 1.33 bits per heavy atom. The van der Waals surface area contributed by atoms with E-state index in [-0.39, 0.29) is 11.4 Å². The maximum atomic E-state index is 11.2. The van der Waals surface area contributed by atoms with Gasteiger partial charge in [-0.1, -0.05) is 19.1 Å². The fourth-order valence-corrected chi connectivity index (χ4v) is 1.97. The first-order valence-corrected chi connectivity index (χ1v) is 6.04. The van der Waals surface area contributed by atoms with Crippen LogP contribution in [0.4, 0.5) is 0 Å². The third-order valence-corrected chi connectivity index (χ3v) is 2.85. The van der Waals surface area contributed by atoms with Gasteiger partial charge in [-0.2, -0.15) is 0 Å². The molecule has 2 rings (SSSR count). The number of aromatic nitrogens is 3. The molecule has 0 saturated heterocycles. The zero-order valence-electron chi connectivity index (χ0n) is 9.80. The number of aromatic carboxylic acids is 1. The Kier molecular flexibility index (Phi) is 3.62. The Hall–Kier alpha value is -1.88. The van der Waals surface area contributed by atoms with Gasteiger partial charge < -0.3 is 5.11 Å². The summed E-state index contributed by atoms with van der Waals surface area (Å²) in [7, 11) is 0. The summed E-state index contributed by atoms with van der Waals surface area (Å²) >= 11 is 5.81. The van der Waals surface area contributed by atoms with Crippen LogP contribution in [0.5, 0.6) is 0 Å². The number of carboxylic acid groups (broad SMARTS) is 1. The average molecular weight is 266 g/mol. The van der Waals surface area contributed by atoms with Crippen LogP contribution in [-0.4, -0.2) is 25.8 Å². The molecule has 1 N–H and O–H groups in total. The van der Waals surface area contributed by atoms with E-state index < -0.39 is 5.97 Å². The van der Waals surface area contributed by atoms with Crippen molar-refractivity contribution in [1.82, 2.24) is 14.8 Å². The van der Waals surface area contributed by atoms with E-state index in [1.807, 2.05) is 6.92 Å². The van der Waals surface area contributed by atoms with E-state index in [0.717, 1.165) is 0 Å². The molecular weight excluding hydrogens is 254 g/mol. The van der Waals surface area contributed by atoms with Crippen LogP contribution >= 0.6 is 11.6 Å². The number of aryl methyl sites for hydroxylation is 1. The Balaban J connectivity index is 2.68. The SMILES string of the molecule is CCc1nnc(CCl)n1-c1ccccc1C(=O)O. The molecule has 0 spiro atoms. The largest absolute Gasteiger partial charge is 0.478 e. The van der Waals surface area contributed by atoms with Crippen LogP contribution in [0.15, 0.2) is 24.3 Å². The van der Waals surface area contributed by atoms with E-state index in [2.05, 4.69) is 10.2 Å². The highest BCUT2D eigenvalue weighted by atomic mass is 35.5. The van der Waals surface area contributed by atoms with Crippen molar-refractivity contribution in [2.75, 3.05) is 0 Å². The van der Waals surface area contributed by atoms with Crippen molar-refractivity contribution in [3.8, 4) is 5.69 Å². The summed E-state index contributed by atoms with van der Waals surface area (Å²) in [5.41, 5.74) is 0.751. The summed E-state index contributed by atoms with van der Waals surface area (Å²) in [6.07, 6.45) is 0.651. The van der Waals surface area contributed by atoms with Crippen LogP contribution in [0.1, 0.15) is 28.9 Å². The van der Waals surface area contributed by atoms with Crippen LogP contribution in [0.2, 0.25) is 0 Å². The van der Waals surface area contributed by atoms with Crippen LogP contribution in [0.3, 0.4) is 0 Å². The average Bonchev–Trinajstić information content (AvgIpc) is 2.81. The molecule has 0 unspecified atom stereocenters. The topological polar surface area (TPSA) is 68.0 Å². The summed E-state index contributed by atoms with van der Waals surface area (Å²) in [6.45, 7) is 1.93. The van der Waals surface area contributed by atoms with E-state index in [4.69, 9.17) is 11.6 Å². The molecule has 0 atom stereocenters. The first kappa shape index (κ1) is 12.6. The van der Waals surface area contributed by atoms with Crippen LogP contribution in [-0.2, 0) is 12.3 Å². The molecule has 0 fully saturated rings. The molecule has 1 heterocycles. The number of hydrogen-bond acceptors (Lipinski definition) is 3. The normalized spacial score (nSPS) is 10.6. The summed E-state index contributed by atoms with van der Waals surface area (Å²) in [4.78, 5) is 11.2. The Labute approximate surface area is 109 Å². The quantitative estimate of drug-likeness (QED) is 0.861. The van der Waals surface area contributed by atoms with Crippen molar-refractivity contribution >= 4 is 17.6 Å². The minimum atomic E-state index is -0.984. The number of benzene rings is 1. The number of halogens is 1. The van der Waals surface area contributed by atoms with Crippen molar-refractivity contribution < 1.29 is 9.90 Å². The molecule has 1 aromatic carbocycles. The molecule has 0 aliphatic rings. The van der Waals surface area contributed by atoms with E-state index in [9.17, 15) is 9.90 Å². The van der Waals surface area contributed by atoms with Gasteiger partial charge in [0.2, 0.25) is 0 Å². The molecule has 0 radical (unpaired) electrons. The number of para-hydroxylation sites is 1. The highest BCUT2D eigenvalue weighted by Gasteiger charge is 2.17. The van der Waals surface area contributed by atoms with Crippen molar-refractivity contribution in [2.24, 2.45) is 0 Å². The summed E-state index contributed by atoms with van der Waals surface area (Å²) in [6, 6.07) is 6.74. The molecule has 5 nitrogen and oxygen atoms in total. The number of hydrogen-bond donors (Lipinski definition) is 1. The lowest BCUT2D eigenvalue weighted by molar-refractivity contribution is 0.0697. The Bertz CT molecular complexity index is 559. The van der Waals surface area contributed by atoms with Crippen molar-refractivity contribution in [1.29, 1.82) is 0 Å². The van der Waals surface area contributed by atoms with Crippen LogP contribution in [0.25, 0.3) is 5.69 Å². The van der Waals surface area contributed by atoms with Gasteiger partial charge in [-0.05, 0) is 12.1 Å². The van der Waals surface area contributed by atoms with E-state index in [1.165, 1.54) is 0 Å². The summed E-state index contributed by atoms with van der Waals surface area (Å²) in [5, 5.41) is 17.2. The first-order chi connectivity index (χ1) is 8.69. The van der Waals surface area contributed by atoms with Crippen LogP contribution < -0.4 is 0 Å².